The minimum atomic E-state index is -0.0290. The highest BCUT2D eigenvalue weighted by Gasteiger charge is 2.03. The first-order chi connectivity index (χ1) is 10.6. The topological polar surface area (TPSA) is 45.6 Å². The predicted molar refractivity (Wildman–Crippen MR) is 94.2 cm³/mol. The van der Waals surface area contributed by atoms with Crippen molar-refractivity contribution in [3.63, 3.8) is 0 Å². The lowest BCUT2D eigenvalue weighted by atomic mass is 10.1. The number of hydrogen-bond donors (Lipinski definition) is 1. The van der Waals surface area contributed by atoms with E-state index in [0.717, 1.165) is 15.6 Å². The van der Waals surface area contributed by atoms with E-state index < -0.39 is 0 Å². The summed E-state index contributed by atoms with van der Waals surface area (Å²) >= 11 is 3.42. The molecule has 2 rings (SSSR count). The molecule has 1 aromatic carbocycles. The van der Waals surface area contributed by atoms with Crippen LogP contribution in [0.2, 0.25) is 0 Å². The number of aliphatic hydroxyl groups excluding tert-OH is 1. The molecule has 0 amide bonds. The zero-order valence-corrected chi connectivity index (χ0v) is 14.2. The van der Waals surface area contributed by atoms with Crippen LogP contribution in [0.4, 0.5) is 5.69 Å². The van der Waals surface area contributed by atoms with E-state index in [1.54, 1.807) is 6.20 Å². The maximum atomic E-state index is 8.75. The van der Waals surface area contributed by atoms with Crippen molar-refractivity contribution in [2.45, 2.75) is 0 Å². The van der Waals surface area contributed by atoms with E-state index in [1.807, 2.05) is 32.3 Å². The molecule has 5 heteroatoms. The lowest BCUT2D eigenvalue weighted by molar-refractivity contribution is 0.196. The monoisotopic (exact) mass is 362 g/mol. The standard InChI is InChI=1S/C17H19BrN2O2/c1-20(2)15-7-5-13(6-8-15)3-4-14-11-16(18)17(19-12-14)22-10-9-21/h3-8,11-12,21H,9-10H2,1-2H3/b4-3+. The lowest BCUT2D eigenvalue weighted by Crippen LogP contribution is -2.07. The van der Waals surface area contributed by atoms with Crippen molar-refractivity contribution in [1.82, 2.24) is 4.98 Å². The quantitative estimate of drug-likeness (QED) is 0.854. The number of ether oxygens (including phenoxy) is 1. The van der Waals surface area contributed by atoms with E-state index in [1.165, 1.54) is 5.69 Å². The molecule has 22 heavy (non-hydrogen) atoms. The highest BCUT2D eigenvalue weighted by Crippen LogP contribution is 2.24. The molecule has 0 bridgehead atoms. The summed E-state index contributed by atoms with van der Waals surface area (Å²) in [5.41, 5.74) is 3.27. The summed E-state index contributed by atoms with van der Waals surface area (Å²) < 4.78 is 6.07. The Labute approximate surface area is 139 Å². The third-order valence-corrected chi connectivity index (χ3v) is 3.60. The fourth-order valence-corrected chi connectivity index (χ4v) is 2.34. The van der Waals surface area contributed by atoms with Gasteiger partial charge in [-0.15, -0.1) is 0 Å². The van der Waals surface area contributed by atoms with Gasteiger partial charge in [-0.2, -0.15) is 0 Å². The molecule has 0 saturated carbocycles. The van der Waals surface area contributed by atoms with Gasteiger partial charge in [0.25, 0.3) is 0 Å². The molecule has 0 aliphatic rings. The Morgan fingerprint density at radius 2 is 1.86 bits per heavy atom. The number of halogens is 1. The van der Waals surface area contributed by atoms with Gasteiger partial charge in [0, 0.05) is 26.0 Å². The van der Waals surface area contributed by atoms with Gasteiger partial charge in [-0.25, -0.2) is 4.98 Å². The normalized spacial score (nSPS) is 10.9. The van der Waals surface area contributed by atoms with Gasteiger partial charge in [-0.3, -0.25) is 0 Å². The van der Waals surface area contributed by atoms with Crippen molar-refractivity contribution in [2.75, 3.05) is 32.2 Å². The van der Waals surface area contributed by atoms with Crippen molar-refractivity contribution in [3.8, 4) is 5.88 Å². The predicted octanol–water partition coefficient (Wildman–Crippen LogP) is 3.45. The van der Waals surface area contributed by atoms with E-state index >= 15 is 0 Å². The number of rotatable bonds is 6. The summed E-state index contributed by atoms with van der Waals surface area (Å²) in [5, 5.41) is 8.75. The maximum absolute atomic E-state index is 8.75. The molecule has 116 valence electrons. The summed E-state index contributed by atoms with van der Waals surface area (Å²) in [6, 6.07) is 10.3. The zero-order chi connectivity index (χ0) is 15.9. The van der Waals surface area contributed by atoms with Crippen LogP contribution in [0.25, 0.3) is 12.2 Å². The summed E-state index contributed by atoms with van der Waals surface area (Å²) in [6.45, 7) is 0.206. The number of pyridine rings is 1. The van der Waals surface area contributed by atoms with Crippen LogP contribution in [0.5, 0.6) is 5.88 Å². The number of anilines is 1. The van der Waals surface area contributed by atoms with Gasteiger partial charge in [0.2, 0.25) is 5.88 Å². The zero-order valence-electron chi connectivity index (χ0n) is 12.7. The molecule has 2 aromatic rings. The second kappa shape index (κ2) is 7.96. The fraction of sp³-hybridized carbons (Fsp3) is 0.235. The molecule has 1 heterocycles. The maximum Gasteiger partial charge on any atom is 0.228 e. The first-order valence-corrected chi connectivity index (χ1v) is 7.74. The number of nitrogens with zero attached hydrogens (tertiary/aromatic N) is 2. The molecule has 0 fully saturated rings. The van der Waals surface area contributed by atoms with Gasteiger partial charge in [-0.1, -0.05) is 24.3 Å². The Balaban J connectivity index is 2.07. The second-order valence-electron chi connectivity index (χ2n) is 4.95. The van der Waals surface area contributed by atoms with Gasteiger partial charge in [0.05, 0.1) is 11.1 Å². The lowest BCUT2D eigenvalue weighted by Gasteiger charge is -2.11. The molecular weight excluding hydrogens is 344 g/mol. The molecule has 1 N–H and O–H groups in total. The minimum Gasteiger partial charge on any atom is -0.474 e. The molecule has 0 spiro atoms. The second-order valence-corrected chi connectivity index (χ2v) is 5.80. The van der Waals surface area contributed by atoms with Crippen molar-refractivity contribution in [1.29, 1.82) is 0 Å². The number of aromatic nitrogens is 1. The van der Waals surface area contributed by atoms with Crippen molar-refractivity contribution in [3.05, 3.63) is 52.1 Å². The minimum absolute atomic E-state index is 0.0290. The summed E-state index contributed by atoms with van der Waals surface area (Å²) in [5.74, 6) is 0.488. The van der Waals surface area contributed by atoms with Crippen LogP contribution in [-0.4, -0.2) is 37.4 Å². The highest BCUT2D eigenvalue weighted by atomic mass is 79.9. The highest BCUT2D eigenvalue weighted by molar-refractivity contribution is 9.10. The summed E-state index contributed by atoms with van der Waals surface area (Å²) in [6.07, 6.45) is 5.78. The molecule has 0 aliphatic heterocycles. The first-order valence-electron chi connectivity index (χ1n) is 6.95. The Kier molecular flexibility index (Phi) is 5.98. The van der Waals surface area contributed by atoms with E-state index in [4.69, 9.17) is 9.84 Å². The van der Waals surface area contributed by atoms with Crippen molar-refractivity contribution >= 4 is 33.8 Å². The molecule has 0 radical (unpaired) electrons. The fourth-order valence-electron chi connectivity index (χ4n) is 1.86. The number of aliphatic hydroxyl groups is 1. The average molecular weight is 363 g/mol. The van der Waals surface area contributed by atoms with Crippen molar-refractivity contribution < 1.29 is 9.84 Å². The van der Waals surface area contributed by atoms with Crippen LogP contribution in [0.15, 0.2) is 41.0 Å². The van der Waals surface area contributed by atoms with E-state index in [-0.39, 0.29) is 13.2 Å². The van der Waals surface area contributed by atoms with Crippen LogP contribution < -0.4 is 9.64 Å². The van der Waals surface area contributed by atoms with Gasteiger partial charge in [-0.05, 0) is 45.3 Å². The molecule has 0 unspecified atom stereocenters. The van der Waals surface area contributed by atoms with Gasteiger partial charge in [0.1, 0.15) is 6.61 Å². The Bertz CT molecular complexity index is 640. The Morgan fingerprint density at radius 1 is 1.18 bits per heavy atom. The largest absolute Gasteiger partial charge is 0.474 e. The van der Waals surface area contributed by atoms with Gasteiger partial charge in [0.15, 0.2) is 0 Å². The van der Waals surface area contributed by atoms with Crippen LogP contribution in [0.1, 0.15) is 11.1 Å². The number of hydrogen-bond acceptors (Lipinski definition) is 4. The first kappa shape index (κ1) is 16.5. The van der Waals surface area contributed by atoms with E-state index in [2.05, 4.69) is 50.1 Å². The third-order valence-electron chi connectivity index (χ3n) is 3.04. The molecule has 4 nitrogen and oxygen atoms in total. The Hall–Kier alpha value is -1.85. The molecule has 0 saturated heterocycles. The molecule has 0 aliphatic carbocycles. The molecule has 1 aromatic heterocycles. The van der Waals surface area contributed by atoms with Crippen molar-refractivity contribution in [2.24, 2.45) is 0 Å². The third kappa shape index (κ3) is 4.58. The molecular formula is C17H19BrN2O2. The van der Waals surface area contributed by atoms with Crippen LogP contribution in [0, 0.1) is 0 Å². The van der Waals surface area contributed by atoms with E-state index in [9.17, 15) is 0 Å². The average Bonchev–Trinajstić information content (AvgIpc) is 2.52. The van der Waals surface area contributed by atoms with E-state index in [0.29, 0.717) is 5.88 Å². The number of benzene rings is 1. The molecule has 0 atom stereocenters. The van der Waals surface area contributed by atoms with Gasteiger partial charge < -0.3 is 14.7 Å². The van der Waals surface area contributed by atoms with Gasteiger partial charge >= 0.3 is 0 Å². The van der Waals surface area contributed by atoms with Crippen LogP contribution in [0.3, 0.4) is 0 Å². The summed E-state index contributed by atoms with van der Waals surface area (Å²) in [4.78, 5) is 6.30. The van der Waals surface area contributed by atoms with Crippen LogP contribution in [-0.2, 0) is 0 Å². The smallest absolute Gasteiger partial charge is 0.228 e. The Morgan fingerprint density at radius 3 is 2.45 bits per heavy atom. The SMILES string of the molecule is CN(C)c1ccc(/C=C/c2cnc(OCCO)c(Br)c2)cc1. The summed E-state index contributed by atoms with van der Waals surface area (Å²) in [7, 11) is 4.04. The van der Waals surface area contributed by atoms with Crippen LogP contribution >= 0.6 is 15.9 Å².